The number of pyridine rings is 1. The third-order valence-corrected chi connectivity index (χ3v) is 5.25. The minimum atomic E-state index is -0.110. The quantitative estimate of drug-likeness (QED) is 0.651. The lowest BCUT2D eigenvalue weighted by atomic mass is 9.94. The van der Waals surface area contributed by atoms with Crippen molar-refractivity contribution in [2.45, 2.75) is 32.4 Å². The molecule has 0 saturated heterocycles. The Morgan fingerprint density at radius 1 is 1.10 bits per heavy atom. The smallest absolute Gasteiger partial charge is 0.316 e. The van der Waals surface area contributed by atoms with Crippen molar-refractivity contribution in [1.82, 2.24) is 20.3 Å². The number of aryl methyl sites for hydroxylation is 1. The van der Waals surface area contributed by atoms with Crippen LogP contribution in [0.5, 0.6) is 11.8 Å². The van der Waals surface area contributed by atoms with Gasteiger partial charge in [-0.15, -0.1) is 0 Å². The van der Waals surface area contributed by atoms with Crippen molar-refractivity contribution in [3.8, 4) is 22.9 Å². The number of rotatable bonds is 6. The SMILES string of the molecule is COc1ccc(-c2cnc(Nc3cnc(OC4CC4)nc3)cc2C)c2c1C(=O)NC2. The van der Waals surface area contributed by atoms with Crippen molar-refractivity contribution in [1.29, 1.82) is 0 Å². The van der Waals surface area contributed by atoms with E-state index in [1.165, 1.54) is 0 Å². The highest BCUT2D eigenvalue weighted by molar-refractivity contribution is 6.03. The number of hydrogen-bond acceptors (Lipinski definition) is 7. The Morgan fingerprint density at radius 3 is 2.60 bits per heavy atom. The lowest BCUT2D eigenvalue weighted by Gasteiger charge is -2.14. The maximum atomic E-state index is 12.2. The summed E-state index contributed by atoms with van der Waals surface area (Å²) in [7, 11) is 1.57. The second-order valence-electron chi connectivity index (χ2n) is 7.43. The molecule has 0 bridgehead atoms. The Balaban J connectivity index is 1.39. The van der Waals surface area contributed by atoms with E-state index >= 15 is 0 Å². The largest absolute Gasteiger partial charge is 0.496 e. The van der Waals surface area contributed by atoms with Crippen LogP contribution in [0.2, 0.25) is 0 Å². The first kappa shape index (κ1) is 18.4. The number of carbonyl (C=O) groups excluding carboxylic acids is 1. The van der Waals surface area contributed by atoms with Crippen molar-refractivity contribution in [3.63, 3.8) is 0 Å². The molecule has 152 valence electrons. The molecule has 1 amide bonds. The second kappa shape index (κ2) is 7.29. The van der Waals surface area contributed by atoms with Gasteiger partial charge in [0.1, 0.15) is 17.7 Å². The average Bonchev–Trinajstić information content (AvgIpc) is 3.49. The molecule has 5 rings (SSSR count). The first-order valence-corrected chi connectivity index (χ1v) is 9.83. The number of methoxy groups -OCH3 is 1. The second-order valence-corrected chi connectivity index (χ2v) is 7.43. The minimum absolute atomic E-state index is 0.110. The Bertz CT molecular complexity index is 1130. The third kappa shape index (κ3) is 3.41. The maximum absolute atomic E-state index is 12.2. The standard InChI is InChI=1S/C22H21N5O3/c1-12-7-19(27-13-8-25-22(26-9-13)30-14-3-4-14)23-10-16(12)15-5-6-18(29-2)20-17(15)11-24-21(20)28/h5-10,14H,3-4,11H2,1-2H3,(H,23,27)(H,24,28). The van der Waals surface area contributed by atoms with Gasteiger partial charge in [0.25, 0.3) is 5.91 Å². The van der Waals surface area contributed by atoms with Gasteiger partial charge in [-0.1, -0.05) is 6.07 Å². The van der Waals surface area contributed by atoms with Gasteiger partial charge in [-0.25, -0.2) is 15.0 Å². The van der Waals surface area contributed by atoms with Crippen molar-refractivity contribution < 1.29 is 14.3 Å². The molecule has 8 heteroatoms. The molecule has 3 aromatic rings. The maximum Gasteiger partial charge on any atom is 0.316 e. The molecule has 2 aliphatic rings. The molecule has 2 aromatic heterocycles. The highest BCUT2D eigenvalue weighted by Crippen LogP contribution is 2.36. The van der Waals surface area contributed by atoms with E-state index in [1.807, 2.05) is 31.3 Å². The summed E-state index contributed by atoms with van der Waals surface area (Å²) in [5, 5.41) is 6.10. The Labute approximate surface area is 173 Å². The summed E-state index contributed by atoms with van der Waals surface area (Å²) in [6.07, 6.45) is 7.59. The molecule has 0 spiro atoms. The molecule has 1 fully saturated rings. The summed E-state index contributed by atoms with van der Waals surface area (Å²) in [6.45, 7) is 2.50. The summed E-state index contributed by atoms with van der Waals surface area (Å²) >= 11 is 0. The fourth-order valence-electron chi connectivity index (χ4n) is 3.57. The summed E-state index contributed by atoms with van der Waals surface area (Å²) in [5.41, 5.74) is 5.25. The summed E-state index contributed by atoms with van der Waals surface area (Å²) in [6, 6.07) is 6.17. The third-order valence-electron chi connectivity index (χ3n) is 5.25. The van der Waals surface area contributed by atoms with Crippen LogP contribution in [-0.2, 0) is 6.54 Å². The van der Waals surface area contributed by atoms with Crippen LogP contribution in [-0.4, -0.2) is 34.1 Å². The van der Waals surface area contributed by atoms with Crippen LogP contribution in [0.15, 0.2) is 36.8 Å². The molecule has 30 heavy (non-hydrogen) atoms. The average molecular weight is 403 g/mol. The van der Waals surface area contributed by atoms with Crippen molar-refractivity contribution in [2.75, 3.05) is 12.4 Å². The van der Waals surface area contributed by atoms with Crippen LogP contribution in [0, 0.1) is 6.92 Å². The van der Waals surface area contributed by atoms with Gasteiger partial charge in [-0.05, 0) is 48.6 Å². The number of nitrogens with zero attached hydrogens (tertiary/aromatic N) is 3. The molecule has 1 aliphatic carbocycles. The molecule has 1 aliphatic heterocycles. The number of amides is 1. The number of carbonyl (C=O) groups is 1. The van der Waals surface area contributed by atoms with E-state index in [4.69, 9.17) is 9.47 Å². The van der Waals surface area contributed by atoms with Crippen LogP contribution >= 0.6 is 0 Å². The number of benzene rings is 1. The zero-order valence-corrected chi connectivity index (χ0v) is 16.7. The number of fused-ring (bicyclic) bond motifs is 1. The Hall–Kier alpha value is -3.68. The van der Waals surface area contributed by atoms with Crippen molar-refractivity contribution in [2.24, 2.45) is 0 Å². The molecule has 0 unspecified atom stereocenters. The molecular formula is C22H21N5O3. The summed E-state index contributed by atoms with van der Waals surface area (Å²) in [5.74, 6) is 1.17. The van der Waals surface area contributed by atoms with E-state index in [1.54, 1.807) is 19.5 Å². The molecule has 0 atom stereocenters. The molecule has 3 heterocycles. The van der Waals surface area contributed by atoms with Crippen molar-refractivity contribution in [3.05, 3.63) is 53.5 Å². The van der Waals surface area contributed by atoms with Crippen LogP contribution in [0.1, 0.15) is 34.3 Å². The van der Waals surface area contributed by atoms with Crippen LogP contribution in [0.4, 0.5) is 11.5 Å². The van der Waals surface area contributed by atoms with E-state index in [0.717, 1.165) is 40.8 Å². The zero-order valence-electron chi connectivity index (χ0n) is 16.7. The fraction of sp³-hybridized carbons (Fsp3) is 0.273. The van der Waals surface area contributed by atoms with Gasteiger partial charge in [0.05, 0.1) is 30.8 Å². The predicted octanol–water partition coefficient (Wildman–Crippen LogP) is 3.38. The Morgan fingerprint density at radius 2 is 1.90 bits per heavy atom. The van der Waals surface area contributed by atoms with Gasteiger partial charge in [-0.3, -0.25) is 4.79 Å². The topological polar surface area (TPSA) is 98.3 Å². The van der Waals surface area contributed by atoms with Gasteiger partial charge in [-0.2, -0.15) is 0 Å². The fourth-order valence-corrected chi connectivity index (χ4v) is 3.57. The normalized spacial score (nSPS) is 14.8. The predicted molar refractivity (Wildman–Crippen MR) is 111 cm³/mol. The van der Waals surface area contributed by atoms with Crippen LogP contribution in [0.25, 0.3) is 11.1 Å². The molecule has 1 saturated carbocycles. The highest BCUT2D eigenvalue weighted by atomic mass is 16.5. The number of anilines is 2. The van der Waals surface area contributed by atoms with Crippen LogP contribution < -0.4 is 20.1 Å². The summed E-state index contributed by atoms with van der Waals surface area (Å²) in [4.78, 5) is 25.2. The van der Waals surface area contributed by atoms with E-state index in [0.29, 0.717) is 29.7 Å². The highest BCUT2D eigenvalue weighted by Gasteiger charge is 2.27. The first-order valence-electron chi connectivity index (χ1n) is 9.83. The van der Waals surface area contributed by atoms with Crippen molar-refractivity contribution >= 4 is 17.4 Å². The lowest BCUT2D eigenvalue weighted by Crippen LogP contribution is -2.13. The molecule has 0 radical (unpaired) electrons. The van der Waals surface area contributed by atoms with E-state index in [-0.39, 0.29) is 12.0 Å². The minimum Gasteiger partial charge on any atom is -0.496 e. The van der Waals surface area contributed by atoms with Gasteiger partial charge in [0, 0.05) is 18.3 Å². The van der Waals surface area contributed by atoms with E-state index in [9.17, 15) is 4.79 Å². The van der Waals surface area contributed by atoms with Gasteiger partial charge in [0.2, 0.25) is 0 Å². The van der Waals surface area contributed by atoms with E-state index in [2.05, 4.69) is 25.6 Å². The molecular weight excluding hydrogens is 382 g/mol. The van der Waals surface area contributed by atoms with Gasteiger partial charge in [0.15, 0.2) is 0 Å². The number of ether oxygens (including phenoxy) is 2. The molecule has 8 nitrogen and oxygen atoms in total. The van der Waals surface area contributed by atoms with E-state index < -0.39 is 0 Å². The number of aromatic nitrogens is 3. The van der Waals surface area contributed by atoms with Crippen LogP contribution in [0.3, 0.4) is 0 Å². The lowest BCUT2D eigenvalue weighted by molar-refractivity contribution is 0.0963. The zero-order chi connectivity index (χ0) is 20.7. The number of hydrogen-bond donors (Lipinski definition) is 2. The molecule has 2 N–H and O–H groups in total. The van der Waals surface area contributed by atoms with Gasteiger partial charge >= 0.3 is 6.01 Å². The molecule has 1 aromatic carbocycles. The monoisotopic (exact) mass is 403 g/mol. The number of nitrogens with one attached hydrogen (secondary N) is 2. The Kier molecular flexibility index (Phi) is 4.46. The van der Waals surface area contributed by atoms with Gasteiger partial charge < -0.3 is 20.1 Å². The first-order chi connectivity index (χ1) is 14.6. The summed E-state index contributed by atoms with van der Waals surface area (Å²) < 4.78 is 10.9.